The van der Waals surface area contributed by atoms with Crippen molar-refractivity contribution in [2.24, 2.45) is 23.7 Å². The summed E-state index contributed by atoms with van der Waals surface area (Å²) in [5, 5.41) is 0. The van der Waals surface area contributed by atoms with Crippen LogP contribution in [-0.2, 0) is 0 Å². The van der Waals surface area contributed by atoms with Crippen LogP contribution in [0, 0.1) is 23.7 Å². The van der Waals surface area contributed by atoms with Crippen molar-refractivity contribution >= 4 is 0 Å². The molecule has 0 nitrogen and oxygen atoms in total. The topological polar surface area (TPSA) is 0 Å². The molecule has 1 saturated carbocycles. The summed E-state index contributed by atoms with van der Waals surface area (Å²) in [6.45, 7) is 9.48. The average molecular weight is 168 g/mol. The molecule has 1 fully saturated rings. The Morgan fingerprint density at radius 1 is 1.25 bits per heavy atom. The first-order chi connectivity index (χ1) is 5.69. The molecule has 1 rings (SSSR count). The van der Waals surface area contributed by atoms with Crippen LogP contribution in [0.5, 0.6) is 0 Å². The van der Waals surface area contributed by atoms with Crippen molar-refractivity contribution in [3.63, 3.8) is 0 Å². The van der Waals surface area contributed by atoms with Crippen LogP contribution >= 0.6 is 0 Å². The molecule has 0 spiro atoms. The maximum absolute atomic E-state index is 2.41. The largest absolute Gasteiger partial charge is 0.0651 e. The smallest absolute Gasteiger partial charge is 0.0357 e. The average Bonchev–Trinajstić information content (AvgIpc) is 2.77. The first-order valence-corrected chi connectivity index (χ1v) is 5.69. The molecule has 0 heteroatoms. The highest BCUT2D eigenvalue weighted by Crippen LogP contribution is 2.47. The number of rotatable bonds is 5. The fraction of sp³-hybridized carbons (Fsp3) is 1.00. The zero-order chi connectivity index (χ0) is 9.14. The molecule has 1 aliphatic carbocycles. The third-order valence-corrected chi connectivity index (χ3v) is 3.70. The van der Waals surface area contributed by atoms with E-state index in [1.807, 2.05) is 0 Å². The first-order valence-electron chi connectivity index (χ1n) is 5.69. The van der Waals surface area contributed by atoms with E-state index in [0.717, 1.165) is 23.7 Å². The van der Waals surface area contributed by atoms with Gasteiger partial charge in [-0.2, -0.15) is 0 Å². The SMILES string of the molecule is CCC(C)CC(CC)C1CC1C. The molecular formula is C12H24. The van der Waals surface area contributed by atoms with E-state index >= 15 is 0 Å². The van der Waals surface area contributed by atoms with Crippen molar-refractivity contribution in [1.82, 2.24) is 0 Å². The lowest BCUT2D eigenvalue weighted by Gasteiger charge is -2.18. The van der Waals surface area contributed by atoms with Crippen molar-refractivity contribution in [2.45, 2.75) is 53.4 Å². The summed E-state index contributed by atoms with van der Waals surface area (Å²) >= 11 is 0. The van der Waals surface area contributed by atoms with Gasteiger partial charge in [0.1, 0.15) is 0 Å². The lowest BCUT2D eigenvalue weighted by molar-refractivity contribution is 0.328. The van der Waals surface area contributed by atoms with E-state index in [9.17, 15) is 0 Å². The molecule has 72 valence electrons. The van der Waals surface area contributed by atoms with Gasteiger partial charge in [-0.1, -0.05) is 40.5 Å². The Bertz CT molecular complexity index is 128. The number of hydrogen-bond acceptors (Lipinski definition) is 0. The fourth-order valence-electron chi connectivity index (χ4n) is 2.34. The zero-order valence-corrected chi connectivity index (χ0v) is 9.14. The predicted molar refractivity (Wildman–Crippen MR) is 55.1 cm³/mol. The molecule has 0 aliphatic heterocycles. The van der Waals surface area contributed by atoms with Gasteiger partial charge in [0.05, 0.1) is 0 Å². The molecule has 0 aromatic rings. The van der Waals surface area contributed by atoms with E-state index in [1.165, 1.54) is 25.7 Å². The van der Waals surface area contributed by atoms with Gasteiger partial charge in [-0.05, 0) is 36.5 Å². The van der Waals surface area contributed by atoms with Gasteiger partial charge in [0.25, 0.3) is 0 Å². The second-order valence-corrected chi connectivity index (χ2v) is 4.79. The molecule has 0 aromatic carbocycles. The van der Waals surface area contributed by atoms with Crippen LogP contribution in [-0.4, -0.2) is 0 Å². The minimum Gasteiger partial charge on any atom is -0.0651 e. The van der Waals surface area contributed by atoms with Crippen molar-refractivity contribution in [3.05, 3.63) is 0 Å². The van der Waals surface area contributed by atoms with Gasteiger partial charge in [-0.3, -0.25) is 0 Å². The molecule has 0 aromatic heterocycles. The summed E-state index contributed by atoms with van der Waals surface area (Å²) in [5.74, 6) is 4.11. The maximum Gasteiger partial charge on any atom is -0.0357 e. The summed E-state index contributed by atoms with van der Waals surface area (Å²) in [4.78, 5) is 0. The van der Waals surface area contributed by atoms with E-state index in [1.54, 1.807) is 0 Å². The van der Waals surface area contributed by atoms with Crippen molar-refractivity contribution in [3.8, 4) is 0 Å². The van der Waals surface area contributed by atoms with E-state index in [-0.39, 0.29) is 0 Å². The Morgan fingerprint density at radius 3 is 2.17 bits per heavy atom. The van der Waals surface area contributed by atoms with Gasteiger partial charge in [-0.15, -0.1) is 0 Å². The summed E-state index contributed by atoms with van der Waals surface area (Å²) in [6, 6.07) is 0. The molecular weight excluding hydrogens is 144 g/mol. The number of hydrogen-bond donors (Lipinski definition) is 0. The Hall–Kier alpha value is 0. The molecule has 0 bridgehead atoms. The molecule has 4 atom stereocenters. The summed E-state index contributed by atoms with van der Waals surface area (Å²) in [6.07, 6.45) is 5.74. The van der Waals surface area contributed by atoms with Crippen LogP contribution in [0.25, 0.3) is 0 Å². The minimum absolute atomic E-state index is 0.947. The second kappa shape index (κ2) is 4.30. The van der Waals surface area contributed by atoms with Crippen LogP contribution < -0.4 is 0 Å². The van der Waals surface area contributed by atoms with Crippen LogP contribution in [0.1, 0.15) is 53.4 Å². The second-order valence-electron chi connectivity index (χ2n) is 4.79. The van der Waals surface area contributed by atoms with Gasteiger partial charge >= 0.3 is 0 Å². The van der Waals surface area contributed by atoms with Gasteiger partial charge in [0, 0.05) is 0 Å². The van der Waals surface area contributed by atoms with Gasteiger partial charge in [-0.25, -0.2) is 0 Å². The van der Waals surface area contributed by atoms with Gasteiger partial charge < -0.3 is 0 Å². The third kappa shape index (κ3) is 2.50. The first kappa shape index (κ1) is 10.1. The molecule has 0 heterocycles. The zero-order valence-electron chi connectivity index (χ0n) is 9.14. The molecule has 4 unspecified atom stereocenters. The molecule has 0 N–H and O–H groups in total. The lowest BCUT2D eigenvalue weighted by atomic mass is 9.88. The molecule has 0 radical (unpaired) electrons. The third-order valence-electron chi connectivity index (χ3n) is 3.70. The highest BCUT2D eigenvalue weighted by Gasteiger charge is 2.38. The normalized spacial score (nSPS) is 33.0. The van der Waals surface area contributed by atoms with E-state index in [2.05, 4.69) is 27.7 Å². The van der Waals surface area contributed by atoms with E-state index < -0.39 is 0 Å². The lowest BCUT2D eigenvalue weighted by Crippen LogP contribution is -2.08. The quantitative estimate of drug-likeness (QED) is 0.579. The molecule has 12 heavy (non-hydrogen) atoms. The minimum atomic E-state index is 0.947. The van der Waals surface area contributed by atoms with Crippen LogP contribution in [0.4, 0.5) is 0 Å². The van der Waals surface area contributed by atoms with Crippen molar-refractivity contribution in [2.75, 3.05) is 0 Å². The van der Waals surface area contributed by atoms with Gasteiger partial charge in [0.2, 0.25) is 0 Å². The predicted octanol–water partition coefficient (Wildman–Crippen LogP) is 4.10. The fourth-order valence-corrected chi connectivity index (χ4v) is 2.34. The maximum atomic E-state index is 2.41. The highest BCUT2D eigenvalue weighted by atomic mass is 14.4. The Kier molecular flexibility index (Phi) is 3.61. The van der Waals surface area contributed by atoms with Crippen LogP contribution in [0.15, 0.2) is 0 Å². The Labute approximate surface area is 77.7 Å². The summed E-state index contributed by atoms with van der Waals surface area (Å²) < 4.78 is 0. The monoisotopic (exact) mass is 168 g/mol. The highest BCUT2D eigenvalue weighted by molar-refractivity contribution is 4.88. The Balaban J connectivity index is 2.26. The van der Waals surface area contributed by atoms with Crippen molar-refractivity contribution < 1.29 is 0 Å². The van der Waals surface area contributed by atoms with Gasteiger partial charge in [0.15, 0.2) is 0 Å². The molecule has 1 aliphatic rings. The van der Waals surface area contributed by atoms with Crippen molar-refractivity contribution in [1.29, 1.82) is 0 Å². The standard InChI is InChI=1S/C12H24/c1-5-9(3)7-11(6-2)12-8-10(12)4/h9-12H,5-8H2,1-4H3. The van der Waals surface area contributed by atoms with E-state index in [0.29, 0.717) is 0 Å². The van der Waals surface area contributed by atoms with Crippen LogP contribution in [0.2, 0.25) is 0 Å². The summed E-state index contributed by atoms with van der Waals surface area (Å²) in [7, 11) is 0. The van der Waals surface area contributed by atoms with E-state index in [4.69, 9.17) is 0 Å². The Morgan fingerprint density at radius 2 is 1.83 bits per heavy atom. The van der Waals surface area contributed by atoms with Crippen LogP contribution in [0.3, 0.4) is 0 Å². The summed E-state index contributed by atoms with van der Waals surface area (Å²) in [5.41, 5.74) is 0. The molecule has 0 saturated heterocycles. The molecule has 0 amide bonds.